The van der Waals surface area contributed by atoms with Crippen LogP contribution in [-0.4, -0.2) is 21.7 Å². The van der Waals surface area contributed by atoms with Gasteiger partial charge >= 0.3 is 0 Å². The zero-order chi connectivity index (χ0) is 13.5. The topological polar surface area (TPSA) is 62.7 Å². The Hall–Kier alpha value is -2.24. The summed E-state index contributed by atoms with van der Waals surface area (Å²) in [7, 11) is 0. The predicted octanol–water partition coefficient (Wildman–Crippen LogP) is 2.97. The fourth-order valence-corrected chi connectivity index (χ4v) is 1.53. The average molecular weight is 261 g/mol. The van der Waals surface area contributed by atoms with Crippen LogP contribution in [0.25, 0.3) is 0 Å². The molecule has 2 rings (SSSR count). The molecule has 0 spiro atoms. The van der Waals surface area contributed by atoms with Crippen molar-refractivity contribution in [3.63, 3.8) is 0 Å². The number of nitrogens with one attached hydrogen (secondary N) is 2. The minimum atomic E-state index is -0.310. The maximum atomic E-state index is 13.0. The summed E-state index contributed by atoms with van der Waals surface area (Å²) in [6.45, 7) is 2.96. The molecule has 0 aliphatic heterocycles. The predicted molar refractivity (Wildman–Crippen MR) is 72.9 cm³/mol. The van der Waals surface area contributed by atoms with Gasteiger partial charge in [0.25, 0.3) is 0 Å². The normalized spacial score (nSPS) is 10.2. The number of unbranched alkanes of at least 4 members (excludes halogenated alkanes) is 1. The third kappa shape index (κ3) is 4.17. The second-order valence-corrected chi connectivity index (χ2v) is 4.08. The molecule has 2 N–H and O–H groups in total. The molecule has 6 heteroatoms. The van der Waals surface area contributed by atoms with Crippen molar-refractivity contribution in [2.45, 2.75) is 19.8 Å². The summed E-state index contributed by atoms with van der Waals surface area (Å²) in [5.41, 5.74) is 0.590. The van der Waals surface area contributed by atoms with Crippen LogP contribution in [0.5, 0.6) is 0 Å². The van der Waals surface area contributed by atoms with E-state index in [0.717, 1.165) is 19.4 Å². The van der Waals surface area contributed by atoms with Crippen LogP contribution in [0.3, 0.4) is 0 Å². The summed E-state index contributed by atoms with van der Waals surface area (Å²) in [4.78, 5) is 4.25. The highest BCUT2D eigenvalue weighted by atomic mass is 19.1. The molecule has 0 saturated carbocycles. The first kappa shape index (κ1) is 13.2. The average Bonchev–Trinajstić information content (AvgIpc) is 2.39. The molecular formula is C13H16FN5. The largest absolute Gasteiger partial charge is 0.369 e. The van der Waals surface area contributed by atoms with Gasteiger partial charge in [0, 0.05) is 12.2 Å². The molecule has 2 aromatic rings. The van der Waals surface area contributed by atoms with Gasteiger partial charge in [0.15, 0.2) is 5.82 Å². The van der Waals surface area contributed by atoms with Gasteiger partial charge in [0.2, 0.25) is 5.95 Å². The summed E-state index contributed by atoms with van der Waals surface area (Å²) in [5, 5.41) is 13.8. The second kappa shape index (κ2) is 6.63. The Kier molecular flexibility index (Phi) is 4.60. The quantitative estimate of drug-likeness (QED) is 0.783. The third-order valence-electron chi connectivity index (χ3n) is 2.48. The molecule has 0 aliphatic carbocycles. The Morgan fingerprint density at radius 1 is 1.32 bits per heavy atom. The van der Waals surface area contributed by atoms with Crippen molar-refractivity contribution in [1.29, 1.82) is 0 Å². The number of benzene rings is 1. The Balaban J connectivity index is 2.02. The molecule has 19 heavy (non-hydrogen) atoms. The van der Waals surface area contributed by atoms with Crippen molar-refractivity contribution in [1.82, 2.24) is 15.2 Å². The van der Waals surface area contributed by atoms with Gasteiger partial charge in [-0.05, 0) is 24.6 Å². The number of rotatable bonds is 6. The van der Waals surface area contributed by atoms with E-state index in [1.54, 1.807) is 18.3 Å². The molecule has 100 valence electrons. The van der Waals surface area contributed by atoms with Gasteiger partial charge in [-0.3, -0.25) is 0 Å². The van der Waals surface area contributed by atoms with E-state index in [1.165, 1.54) is 12.1 Å². The lowest BCUT2D eigenvalue weighted by Gasteiger charge is -2.07. The molecule has 0 atom stereocenters. The Labute approximate surface area is 111 Å². The zero-order valence-electron chi connectivity index (χ0n) is 10.7. The van der Waals surface area contributed by atoms with Crippen molar-refractivity contribution in [2.75, 3.05) is 17.2 Å². The van der Waals surface area contributed by atoms with Gasteiger partial charge in [-0.1, -0.05) is 19.4 Å². The zero-order valence-corrected chi connectivity index (χ0v) is 10.7. The number of hydrogen-bond acceptors (Lipinski definition) is 5. The highest BCUT2D eigenvalue weighted by Gasteiger charge is 2.01. The summed E-state index contributed by atoms with van der Waals surface area (Å²) in [6.07, 6.45) is 3.74. The standard InChI is InChI=1S/C13H16FN5/c1-2-3-7-15-12-9-16-19-13(18-12)17-11-6-4-5-10(14)8-11/h4-6,8-9H,2-3,7H2,1H3,(H2,15,17,18,19). The number of aromatic nitrogens is 3. The monoisotopic (exact) mass is 261 g/mol. The van der Waals surface area contributed by atoms with Gasteiger partial charge in [-0.2, -0.15) is 10.1 Å². The van der Waals surface area contributed by atoms with E-state index in [4.69, 9.17) is 0 Å². The number of hydrogen-bond donors (Lipinski definition) is 2. The van der Waals surface area contributed by atoms with E-state index in [0.29, 0.717) is 17.5 Å². The van der Waals surface area contributed by atoms with Crippen LogP contribution in [0.2, 0.25) is 0 Å². The lowest BCUT2D eigenvalue weighted by Crippen LogP contribution is -2.06. The van der Waals surface area contributed by atoms with E-state index in [2.05, 4.69) is 32.7 Å². The third-order valence-corrected chi connectivity index (χ3v) is 2.48. The molecule has 1 aromatic heterocycles. The van der Waals surface area contributed by atoms with E-state index in [-0.39, 0.29) is 5.82 Å². The highest BCUT2D eigenvalue weighted by Crippen LogP contribution is 2.14. The van der Waals surface area contributed by atoms with Crippen LogP contribution in [0.15, 0.2) is 30.5 Å². The lowest BCUT2D eigenvalue weighted by molar-refractivity contribution is 0.628. The Morgan fingerprint density at radius 3 is 3.00 bits per heavy atom. The Bertz CT molecular complexity index is 532. The molecule has 0 amide bonds. The molecule has 0 aliphatic rings. The summed E-state index contributed by atoms with van der Waals surface area (Å²) < 4.78 is 13.0. The van der Waals surface area contributed by atoms with E-state index >= 15 is 0 Å². The maximum Gasteiger partial charge on any atom is 0.249 e. The van der Waals surface area contributed by atoms with Gasteiger partial charge in [-0.15, -0.1) is 5.10 Å². The van der Waals surface area contributed by atoms with Gasteiger partial charge in [0.1, 0.15) is 5.82 Å². The van der Waals surface area contributed by atoms with Crippen molar-refractivity contribution in [2.24, 2.45) is 0 Å². The first-order chi connectivity index (χ1) is 9.28. The molecule has 0 unspecified atom stereocenters. The molecule has 0 bridgehead atoms. The summed E-state index contributed by atoms with van der Waals surface area (Å²) >= 11 is 0. The van der Waals surface area contributed by atoms with Crippen LogP contribution in [0.1, 0.15) is 19.8 Å². The Morgan fingerprint density at radius 2 is 2.21 bits per heavy atom. The van der Waals surface area contributed by atoms with E-state index < -0.39 is 0 Å². The van der Waals surface area contributed by atoms with Gasteiger partial charge in [0.05, 0.1) is 6.20 Å². The number of nitrogens with zero attached hydrogens (tertiary/aromatic N) is 3. The number of anilines is 3. The smallest absolute Gasteiger partial charge is 0.249 e. The van der Waals surface area contributed by atoms with Crippen LogP contribution in [0, 0.1) is 5.82 Å². The van der Waals surface area contributed by atoms with E-state index in [9.17, 15) is 4.39 Å². The van der Waals surface area contributed by atoms with Crippen LogP contribution < -0.4 is 10.6 Å². The summed E-state index contributed by atoms with van der Waals surface area (Å²) in [6, 6.07) is 6.12. The number of halogens is 1. The molecule has 0 fully saturated rings. The minimum Gasteiger partial charge on any atom is -0.369 e. The van der Waals surface area contributed by atoms with Crippen molar-refractivity contribution in [3.8, 4) is 0 Å². The van der Waals surface area contributed by atoms with Crippen molar-refractivity contribution >= 4 is 17.5 Å². The molecule has 0 radical (unpaired) electrons. The van der Waals surface area contributed by atoms with E-state index in [1.807, 2.05) is 0 Å². The minimum absolute atomic E-state index is 0.310. The van der Waals surface area contributed by atoms with Gasteiger partial charge in [-0.25, -0.2) is 4.39 Å². The lowest BCUT2D eigenvalue weighted by atomic mass is 10.3. The molecule has 1 heterocycles. The first-order valence-corrected chi connectivity index (χ1v) is 6.24. The maximum absolute atomic E-state index is 13.0. The summed E-state index contributed by atoms with van der Waals surface area (Å²) in [5.74, 6) is 0.685. The molecule has 1 aromatic carbocycles. The molecule has 0 saturated heterocycles. The first-order valence-electron chi connectivity index (χ1n) is 6.24. The van der Waals surface area contributed by atoms with Crippen molar-refractivity contribution in [3.05, 3.63) is 36.3 Å². The molecular weight excluding hydrogens is 245 g/mol. The van der Waals surface area contributed by atoms with Crippen LogP contribution in [0.4, 0.5) is 21.8 Å². The van der Waals surface area contributed by atoms with Crippen LogP contribution >= 0.6 is 0 Å². The van der Waals surface area contributed by atoms with Gasteiger partial charge < -0.3 is 10.6 Å². The fraction of sp³-hybridized carbons (Fsp3) is 0.308. The SMILES string of the molecule is CCCCNc1cnnc(Nc2cccc(F)c2)n1. The van der Waals surface area contributed by atoms with Crippen molar-refractivity contribution < 1.29 is 4.39 Å². The fourth-order valence-electron chi connectivity index (χ4n) is 1.53. The molecule has 5 nitrogen and oxygen atoms in total. The van der Waals surface area contributed by atoms with Crippen LogP contribution in [-0.2, 0) is 0 Å². The second-order valence-electron chi connectivity index (χ2n) is 4.08. The highest BCUT2D eigenvalue weighted by molar-refractivity contribution is 5.53.